The lowest BCUT2D eigenvalue weighted by atomic mass is 10.0. The topological polar surface area (TPSA) is 40.5 Å². The van der Waals surface area contributed by atoms with Gasteiger partial charge in [0.25, 0.3) is 0 Å². The van der Waals surface area contributed by atoms with E-state index in [1.54, 1.807) is 0 Å². The molecule has 0 aromatic heterocycles. The summed E-state index contributed by atoms with van der Waals surface area (Å²) >= 11 is 0. The van der Waals surface area contributed by atoms with Crippen LogP contribution in [-0.4, -0.2) is 25.2 Å². The van der Waals surface area contributed by atoms with E-state index in [2.05, 4.69) is 35.2 Å². The monoisotopic (exact) mass is 243 g/mol. The number of hydrogen-bond acceptors (Lipinski definition) is 2. The molecular weight excluding hydrogens is 226 g/mol. The quantitative estimate of drug-likeness (QED) is 0.897. The largest absolute Gasteiger partial charge is 0.481 e. The van der Waals surface area contributed by atoms with Crippen molar-refractivity contribution < 1.29 is 9.90 Å². The number of rotatable bonds is 4. The number of aryl methyl sites for hydroxylation is 1. The van der Waals surface area contributed by atoms with E-state index in [1.165, 1.54) is 11.1 Å². The fourth-order valence-corrected chi connectivity index (χ4v) is 1.97. The molecule has 0 fully saturated rings. The SMILES string of the molecule is CN(C)c1ccc2cc(CCC(=O)O)ccc2c1. The molecule has 0 saturated heterocycles. The highest BCUT2D eigenvalue weighted by molar-refractivity contribution is 5.86. The smallest absolute Gasteiger partial charge is 0.303 e. The fourth-order valence-electron chi connectivity index (χ4n) is 1.97. The van der Waals surface area contributed by atoms with E-state index in [1.807, 2.05) is 20.2 Å². The number of carbonyl (C=O) groups is 1. The second-order valence-corrected chi connectivity index (χ2v) is 4.65. The Morgan fingerprint density at radius 2 is 1.78 bits per heavy atom. The molecule has 0 spiro atoms. The minimum absolute atomic E-state index is 0.182. The fraction of sp³-hybridized carbons (Fsp3) is 0.267. The van der Waals surface area contributed by atoms with E-state index in [9.17, 15) is 4.79 Å². The summed E-state index contributed by atoms with van der Waals surface area (Å²) in [5.74, 6) is -0.752. The van der Waals surface area contributed by atoms with Crippen molar-refractivity contribution in [1.29, 1.82) is 0 Å². The van der Waals surface area contributed by atoms with Crippen LogP contribution in [0.1, 0.15) is 12.0 Å². The number of carboxylic acid groups (broad SMARTS) is 1. The molecule has 0 bridgehead atoms. The third-order valence-corrected chi connectivity index (χ3v) is 3.03. The average molecular weight is 243 g/mol. The van der Waals surface area contributed by atoms with Crippen LogP contribution in [0.2, 0.25) is 0 Å². The number of carboxylic acids is 1. The van der Waals surface area contributed by atoms with Crippen molar-refractivity contribution in [3.63, 3.8) is 0 Å². The van der Waals surface area contributed by atoms with Crippen LogP contribution in [0.4, 0.5) is 5.69 Å². The van der Waals surface area contributed by atoms with Crippen LogP contribution >= 0.6 is 0 Å². The van der Waals surface area contributed by atoms with E-state index >= 15 is 0 Å². The van der Waals surface area contributed by atoms with Gasteiger partial charge in [-0.25, -0.2) is 0 Å². The standard InChI is InChI=1S/C15H17NO2/c1-16(2)14-7-6-12-9-11(4-8-15(17)18)3-5-13(12)10-14/h3,5-7,9-10H,4,8H2,1-2H3,(H,17,18). The molecule has 0 atom stereocenters. The van der Waals surface area contributed by atoms with Gasteiger partial charge in [-0.1, -0.05) is 24.3 Å². The number of fused-ring (bicyclic) bond motifs is 1. The Bertz CT molecular complexity index is 576. The zero-order valence-electron chi connectivity index (χ0n) is 10.7. The maximum absolute atomic E-state index is 10.6. The molecule has 2 aromatic rings. The van der Waals surface area contributed by atoms with Crippen LogP contribution in [0.3, 0.4) is 0 Å². The number of anilines is 1. The van der Waals surface area contributed by atoms with Crippen molar-refractivity contribution >= 4 is 22.4 Å². The van der Waals surface area contributed by atoms with Crippen molar-refractivity contribution in [1.82, 2.24) is 0 Å². The van der Waals surface area contributed by atoms with Crippen LogP contribution in [0.5, 0.6) is 0 Å². The van der Waals surface area contributed by atoms with Crippen molar-refractivity contribution in [2.24, 2.45) is 0 Å². The van der Waals surface area contributed by atoms with Gasteiger partial charge in [0.05, 0.1) is 0 Å². The van der Waals surface area contributed by atoms with Crippen molar-refractivity contribution in [3.05, 3.63) is 42.0 Å². The van der Waals surface area contributed by atoms with Gasteiger partial charge in [0.2, 0.25) is 0 Å². The van der Waals surface area contributed by atoms with Gasteiger partial charge in [-0.3, -0.25) is 4.79 Å². The van der Waals surface area contributed by atoms with E-state index in [0.717, 1.165) is 10.9 Å². The Morgan fingerprint density at radius 1 is 1.11 bits per heavy atom. The van der Waals surface area contributed by atoms with E-state index in [4.69, 9.17) is 5.11 Å². The Morgan fingerprint density at radius 3 is 2.44 bits per heavy atom. The average Bonchev–Trinajstić information content (AvgIpc) is 2.35. The summed E-state index contributed by atoms with van der Waals surface area (Å²) < 4.78 is 0. The lowest BCUT2D eigenvalue weighted by Crippen LogP contribution is -2.08. The van der Waals surface area contributed by atoms with Crippen molar-refractivity contribution in [3.8, 4) is 0 Å². The molecule has 0 aliphatic rings. The van der Waals surface area contributed by atoms with E-state index < -0.39 is 5.97 Å². The van der Waals surface area contributed by atoms with Crippen LogP contribution in [0, 0.1) is 0 Å². The molecule has 0 aliphatic carbocycles. The highest BCUT2D eigenvalue weighted by atomic mass is 16.4. The summed E-state index contributed by atoms with van der Waals surface area (Å²) in [5, 5.41) is 11.0. The van der Waals surface area contributed by atoms with Crippen LogP contribution < -0.4 is 4.90 Å². The minimum Gasteiger partial charge on any atom is -0.481 e. The van der Waals surface area contributed by atoms with Crippen LogP contribution in [0.15, 0.2) is 36.4 Å². The van der Waals surface area contributed by atoms with Gasteiger partial charge in [0.15, 0.2) is 0 Å². The highest BCUT2D eigenvalue weighted by Gasteiger charge is 2.02. The van der Waals surface area contributed by atoms with Crippen molar-refractivity contribution in [2.75, 3.05) is 19.0 Å². The molecule has 2 rings (SSSR count). The first-order valence-corrected chi connectivity index (χ1v) is 5.98. The first-order valence-electron chi connectivity index (χ1n) is 5.98. The summed E-state index contributed by atoms with van der Waals surface area (Å²) in [6, 6.07) is 12.4. The molecule has 0 amide bonds. The van der Waals surface area contributed by atoms with Crippen molar-refractivity contribution in [2.45, 2.75) is 12.8 Å². The minimum atomic E-state index is -0.752. The summed E-state index contributed by atoms with van der Waals surface area (Å²) in [5.41, 5.74) is 2.24. The van der Waals surface area contributed by atoms with Crippen LogP contribution in [-0.2, 0) is 11.2 Å². The third kappa shape index (κ3) is 2.80. The van der Waals surface area contributed by atoms with Gasteiger partial charge < -0.3 is 10.0 Å². The Hall–Kier alpha value is -2.03. The van der Waals surface area contributed by atoms with Gasteiger partial charge in [-0.2, -0.15) is 0 Å². The highest BCUT2D eigenvalue weighted by Crippen LogP contribution is 2.22. The Labute approximate surface area is 107 Å². The summed E-state index contributed by atoms with van der Waals surface area (Å²) in [6.45, 7) is 0. The summed E-state index contributed by atoms with van der Waals surface area (Å²) in [4.78, 5) is 12.6. The third-order valence-electron chi connectivity index (χ3n) is 3.03. The second-order valence-electron chi connectivity index (χ2n) is 4.65. The first-order chi connectivity index (χ1) is 8.56. The molecular formula is C15H17NO2. The van der Waals surface area contributed by atoms with Gasteiger partial charge in [0, 0.05) is 26.2 Å². The molecule has 0 unspecified atom stereocenters. The van der Waals surface area contributed by atoms with Crippen LogP contribution in [0.25, 0.3) is 10.8 Å². The van der Waals surface area contributed by atoms with Gasteiger partial charge in [-0.05, 0) is 34.9 Å². The molecule has 3 heteroatoms. The Kier molecular flexibility index (Phi) is 3.51. The Balaban J connectivity index is 2.29. The predicted octanol–water partition coefficient (Wildman–Crippen LogP) is 2.92. The molecule has 1 N–H and O–H groups in total. The maximum atomic E-state index is 10.6. The van der Waals surface area contributed by atoms with Gasteiger partial charge >= 0.3 is 5.97 Å². The first kappa shape index (κ1) is 12.4. The summed E-state index contributed by atoms with van der Waals surface area (Å²) in [7, 11) is 4.03. The number of hydrogen-bond donors (Lipinski definition) is 1. The van der Waals surface area contributed by atoms with E-state index in [0.29, 0.717) is 6.42 Å². The molecule has 0 heterocycles. The molecule has 0 radical (unpaired) electrons. The molecule has 3 nitrogen and oxygen atoms in total. The molecule has 0 saturated carbocycles. The molecule has 94 valence electrons. The normalized spacial score (nSPS) is 10.6. The predicted molar refractivity (Wildman–Crippen MR) is 74.2 cm³/mol. The lowest BCUT2D eigenvalue weighted by molar-refractivity contribution is -0.136. The molecule has 18 heavy (non-hydrogen) atoms. The lowest BCUT2D eigenvalue weighted by Gasteiger charge is -2.13. The summed E-state index contributed by atoms with van der Waals surface area (Å²) in [6.07, 6.45) is 0.766. The van der Waals surface area contributed by atoms with E-state index in [-0.39, 0.29) is 6.42 Å². The van der Waals surface area contributed by atoms with Gasteiger partial charge in [0.1, 0.15) is 0 Å². The zero-order chi connectivity index (χ0) is 13.1. The number of aliphatic carboxylic acids is 1. The maximum Gasteiger partial charge on any atom is 0.303 e. The molecule has 2 aromatic carbocycles. The number of benzene rings is 2. The molecule has 0 aliphatic heterocycles. The van der Waals surface area contributed by atoms with Gasteiger partial charge in [-0.15, -0.1) is 0 Å². The number of nitrogens with zero attached hydrogens (tertiary/aromatic N) is 1. The zero-order valence-corrected chi connectivity index (χ0v) is 10.7. The second kappa shape index (κ2) is 5.08.